The molecule has 0 aromatic heterocycles. The van der Waals surface area contributed by atoms with Gasteiger partial charge in [0.1, 0.15) is 5.60 Å². The molecule has 2 atom stereocenters. The summed E-state index contributed by atoms with van der Waals surface area (Å²) >= 11 is 0. The second-order valence-electron chi connectivity index (χ2n) is 6.01. The van der Waals surface area contributed by atoms with Crippen LogP contribution >= 0.6 is 0 Å². The summed E-state index contributed by atoms with van der Waals surface area (Å²) in [6, 6.07) is 0.00639. The summed E-state index contributed by atoms with van der Waals surface area (Å²) in [5.74, 6) is 0.216. The fourth-order valence-corrected chi connectivity index (χ4v) is 3.32. The van der Waals surface area contributed by atoms with Crippen LogP contribution in [0.1, 0.15) is 40.0 Å². The number of sulfonamides is 1. The van der Waals surface area contributed by atoms with Crippen LogP contribution in [0.15, 0.2) is 0 Å². The van der Waals surface area contributed by atoms with Gasteiger partial charge in [-0.2, -0.15) is 0 Å². The summed E-state index contributed by atoms with van der Waals surface area (Å²) in [5.41, 5.74) is -0.516. The zero-order chi connectivity index (χ0) is 14.7. The molecule has 0 heterocycles. The minimum atomic E-state index is -3.18. The Morgan fingerprint density at radius 1 is 1.32 bits per heavy atom. The quantitative estimate of drug-likeness (QED) is 0.816. The van der Waals surface area contributed by atoms with Gasteiger partial charge in [0.15, 0.2) is 0 Å². The highest BCUT2D eigenvalue weighted by molar-refractivity contribution is 7.89. The van der Waals surface area contributed by atoms with Crippen molar-refractivity contribution in [3.05, 3.63) is 0 Å². The Bertz CT molecular complexity index is 414. The molecule has 0 radical (unpaired) electrons. The van der Waals surface area contributed by atoms with Crippen molar-refractivity contribution in [1.29, 1.82) is 0 Å². The Morgan fingerprint density at radius 2 is 1.95 bits per heavy atom. The molecule has 0 spiro atoms. The maximum atomic E-state index is 11.6. The summed E-state index contributed by atoms with van der Waals surface area (Å²) in [5, 5.41) is 2.79. The maximum absolute atomic E-state index is 11.6. The molecule has 1 aliphatic carbocycles. The summed E-state index contributed by atoms with van der Waals surface area (Å²) < 4.78 is 30.4. The molecule has 0 aliphatic heterocycles. The van der Waals surface area contributed by atoms with Gasteiger partial charge < -0.3 is 10.1 Å². The average molecular weight is 292 g/mol. The van der Waals surface area contributed by atoms with E-state index in [1.807, 2.05) is 20.8 Å². The molecular weight excluding hydrogens is 268 g/mol. The second-order valence-corrected chi connectivity index (χ2v) is 7.98. The molecule has 7 heteroatoms. The van der Waals surface area contributed by atoms with Crippen LogP contribution in [0.3, 0.4) is 0 Å². The predicted molar refractivity (Wildman–Crippen MR) is 73.3 cm³/mol. The molecule has 0 bridgehead atoms. The molecule has 2 N–H and O–H groups in total. The highest BCUT2D eigenvalue weighted by atomic mass is 32.2. The Morgan fingerprint density at radius 3 is 2.47 bits per heavy atom. The molecule has 1 saturated carbocycles. The van der Waals surface area contributed by atoms with E-state index in [0.717, 1.165) is 12.8 Å². The van der Waals surface area contributed by atoms with Crippen molar-refractivity contribution < 1.29 is 17.9 Å². The Kier molecular flexibility index (Phi) is 5.20. The number of rotatable bonds is 4. The molecule has 0 aromatic carbocycles. The van der Waals surface area contributed by atoms with Crippen molar-refractivity contribution >= 4 is 16.1 Å². The molecule has 19 heavy (non-hydrogen) atoms. The Balaban J connectivity index is 2.39. The fraction of sp³-hybridized carbons (Fsp3) is 0.917. The third kappa shape index (κ3) is 6.24. The number of amides is 1. The van der Waals surface area contributed by atoms with E-state index in [0.29, 0.717) is 6.42 Å². The fourth-order valence-electron chi connectivity index (χ4n) is 2.23. The third-order valence-electron chi connectivity index (χ3n) is 3.03. The largest absolute Gasteiger partial charge is 0.444 e. The summed E-state index contributed by atoms with van der Waals surface area (Å²) in [6.07, 6.45) is 1.85. The van der Waals surface area contributed by atoms with Crippen LogP contribution in [-0.4, -0.2) is 39.0 Å². The lowest BCUT2D eigenvalue weighted by atomic mass is 10.1. The van der Waals surface area contributed by atoms with Gasteiger partial charge in [-0.15, -0.1) is 0 Å². The lowest BCUT2D eigenvalue weighted by Gasteiger charge is -2.21. The molecule has 0 saturated heterocycles. The summed E-state index contributed by atoms with van der Waals surface area (Å²) in [4.78, 5) is 11.6. The molecule has 6 nitrogen and oxygen atoms in total. The third-order valence-corrected chi connectivity index (χ3v) is 4.56. The lowest BCUT2D eigenvalue weighted by molar-refractivity contribution is 0.0505. The van der Waals surface area contributed by atoms with Gasteiger partial charge in [0, 0.05) is 6.04 Å². The van der Waals surface area contributed by atoms with Gasteiger partial charge in [-0.3, -0.25) is 0 Å². The number of ether oxygens (including phenoxy) is 1. The van der Waals surface area contributed by atoms with Crippen LogP contribution in [0, 0.1) is 5.92 Å². The monoisotopic (exact) mass is 292 g/mol. The smallest absolute Gasteiger partial charge is 0.407 e. The van der Waals surface area contributed by atoms with Gasteiger partial charge in [0.2, 0.25) is 10.0 Å². The van der Waals surface area contributed by atoms with Gasteiger partial charge in [-0.1, -0.05) is 0 Å². The molecule has 1 rings (SSSR count). The molecular formula is C12H24N2O4S. The van der Waals surface area contributed by atoms with E-state index in [2.05, 4.69) is 10.0 Å². The van der Waals surface area contributed by atoms with E-state index in [-0.39, 0.29) is 17.7 Å². The number of hydrogen-bond acceptors (Lipinski definition) is 4. The number of hydrogen-bond donors (Lipinski definition) is 2. The second kappa shape index (κ2) is 6.09. The van der Waals surface area contributed by atoms with Crippen LogP contribution in [0.4, 0.5) is 4.79 Å². The minimum absolute atomic E-state index is 0.00639. The lowest BCUT2D eigenvalue weighted by Crippen LogP contribution is -2.38. The Hall–Kier alpha value is -0.820. The molecule has 1 amide bonds. The van der Waals surface area contributed by atoms with E-state index < -0.39 is 21.7 Å². The first kappa shape index (κ1) is 16.2. The number of carbonyl (C=O) groups excluding carboxylic acids is 1. The maximum Gasteiger partial charge on any atom is 0.407 e. The van der Waals surface area contributed by atoms with Gasteiger partial charge >= 0.3 is 6.09 Å². The summed E-state index contributed by atoms with van der Waals surface area (Å²) in [6.45, 7) is 5.43. The van der Waals surface area contributed by atoms with Crippen LogP contribution in [-0.2, 0) is 14.8 Å². The molecule has 1 aliphatic rings. The topological polar surface area (TPSA) is 84.5 Å². The molecule has 0 aromatic rings. The zero-order valence-corrected chi connectivity index (χ0v) is 12.8. The van der Waals surface area contributed by atoms with Crippen molar-refractivity contribution in [2.24, 2.45) is 5.92 Å². The van der Waals surface area contributed by atoms with Crippen LogP contribution in [0.2, 0.25) is 0 Å². The van der Waals surface area contributed by atoms with E-state index in [9.17, 15) is 13.2 Å². The van der Waals surface area contributed by atoms with Crippen molar-refractivity contribution in [1.82, 2.24) is 10.0 Å². The Labute approximate surface area is 115 Å². The van der Waals surface area contributed by atoms with Crippen LogP contribution < -0.4 is 10.0 Å². The van der Waals surface area contributed by atoms with E-state index in [1.54, 1.807) is 0 Å². The van der Waals surface area contributed by atoms with Crippen molar-refractivity contribution in [3.63, 3.8) is 0 Å². The molecule has 112 valence electrons. The van der Waals surface area contributed by atoms with Crippen molar-refractivity contribution in [3.8, 4) is 0 Å². The zero-order valence-electron chi connectivity index (χ0n) is 12.0. The first-order valence-corrected chi connectivity index (χ1v) is 8.17. The first-order valence-electron chi connectivity index (χ1n) is 6.52. The van der Waals surface area contributed by atoms with Crippen molar-refractivity contribution in [2.75, 3.05) is 12.8 Å². The SMILES string of the molecule is CNS(=O)(=O)C[C@H]1CC[C@@H](NC(=O)OC(C)(C)C)C1. The summed E-state index contributed by atoms with van der Waals surface area (Å²) in [7, 11) is -1.76. The molecule has 0 unspecified atom stereocenters. The minimum Gasteiger partial charge on any atom is -0.444 e. The average Bonchev–Trinajstić information content (AvgIpc) is 2.61. The van der Waals surface area contributed by atoms with Gasteiger partial charge in [-0.25, -0.2) is 17.9 Å². The molecule has 1 fully saturated rings. The van der Waals surface area contributed by atoms with E-state index in [4.69, 9.17) is 4.74 Å². The highest BCUT2D eigenvalue weighted by Crippen LogP contribution is 2.26. The first-order chi connectivity index (χ1) is 8.61. The van der Waals surface area contributed by atoms with E-state index in [1.165, 1.54) is 7.05 Å². The number of alkyl carbamates (subject to hydrolysis) is 1. The van der Waals surface area contributed by atoms with E-state index >= 15 is 0 Å². The van der Waals surface area contributed by atoms with Crippen LogP contribution in [0.25, 0.3) is 0 Å². The highest BCUT2D eigenvalue weighted by Gasteiger charge is 2.30. The van der Waals surface area contributed by atoms with Gasteiger partial charge in [-0.05, 0) is 53.0 Å². The van der Waals surface area contributed by atoms with Gasteiger partial charge in [0.25, 0.3) is 0 Å². The standard InChI is InChI=1S/C12H24N2O4S/c1-12(2,3)18-11(15)14-10-6-5-9(7-10)8-19(16,17)13-4/h9-10,13H,5-8H2,1-4H3,(H,14,15)/t9-,10+/m0/s1. The number of carbonyl (C=O) groups is 1. The predicted octanol–water partition coefficient (Wildman–Crippen LogP) is 1.23. The van der Waals surface area contributed by atoms with Crippen LogP contribution in [0.5, 0.6) is 0 Å². The van der Waals surface area contributed by atoms with Gasteiger partial charge in [0.05, 0.1) is 5.75 Å². The van der Waals surface area contributed by atoms with Crippen molar-refractivity contribution in [2.45, 2.75) is 51.7 Å². The normalized spacial score (nSPS) is 24.2. The number of nitrogens with one attached hydrogen (secondary N) is 2.